The van der Waals surface area contributed by atoms with Crippen LogP contribution in [0.5, 0.6) is 5.75 Å². The van der Waals surface area contributed by atoms with Gasteiger partial charge in [0.15, 0.2) is 0 Å². The number of hydrogen-bond acceptors (Lipinski definition) is 4. The Bertz CT molecular complexity index is 814. The van der Waals surface area contributed by atoms with E-state index in [0.29, 0.717) is 0 Å². The fourth-order valence-electron chi connectivity index (χ4n) is 2.54. The van der Waals surface area contributed by atoms with Crippen LogP contribution in [-0.2, 0) is 0 Å². The number of nitrogens with zero attached hydrogens (tertiary/aromatic N) is 1. The summed E-state index contributed by atoms with van der Waals surface area (Å²) in [5.74, 6) is 0.937. The number of thiophene rings is 1. The van der Waals surface area contributed by atoms with Crippen molar-refractivity contribution in [3.05, 3.63) is 48.5 Å². The van der Waals surface area contributed by atoms with Crippen molar-refractivity contribution in [2.75, 3.05) is 18.5 Å². The highest BCUT2D eigenvalue weighted by atomic mass is 32.1. The maximum absolute atomic E-state index is 9.66. The smallest absolute Gasteiger partial charge is 0.409 e. The zero-order valence-electron chi connectivity index (χ0n) is 14.3. The Morgan fingerprint density at radius 1 is 1.12 bits per heavy atom. The molecule has 0 aliphatic carbocycles. The molecule has 0 fully saturated rings. The highest BCUT2D eigenvalue weighted by molar-refractivity contribution is 7.22. The second-order valence-corrected chi connectivity index (χ2v) is 7.03. The van der Waals surface area contributed by atoms with Gasteiger partial charge in [0.25, 0.3) is 0 Å². The molecule has 5 heteroatoms. The second kappa shape index (κ2) is 7.28. The second-order valence-electron chi connectivity index (χ2n) is 5.95. The Hall–Kier alpha value is -1.98. The molecular formula is C19H22BNO2S. The van der Waals surface area contributed by atoms with Crippen LogP contribution >= 0.6 is 11.3 Å². The zero-order chi connectivity index (χ0) is 17.1. The largest absolute Gasteiger partial charge is 0.494 e. The molecule has 0 unspecified atom stereocenters. The summed E-state index contributed by atoms with van der Waals surface area (Å²) in [6.45, 7) is 4.63. The average Bonchev–Trinajstić information content (AvgIpc) is 3.02. The van der Waals surface area contributed by atoms with Crippen LogP contribution in [0, 0.1) is 0 Å². The third kappa shape index (κ3) is 3.58. The third-order valence-electron chi connectivity index (χ3n) is 4.08. The monoisotopic (exact) mass is 339 g/mol. The fraction of sp³-hybridized carbons (Fsp3) is 0.263. The maximum Gasteiger partial charge on any atom is 0.409 e. The van der Waals surface area contributed by atoms with E-state index in [0.717, 1.165) is 24.5 Å². The summed E-state index contributed by atoms with van der Waals surface area (Å²) in [7, 11) is 1.39. The molecule has 3 aromatic rings. The van der Waals surface area contributed by atoms with Crippen molar-refractivity contribution in [2.45, 2.75) is 20.2 Å². The lowest BCUT2D eigenvalue weighted by atomic mass is 9.85. The first kappa shape index (κ1) is 16.9. The Morgan fingerprint density at radius 2 is 1.88 bits per heavy atom. The van der Waals surface area contributed by atoms with Crippen molar-refractivity contribution in [3.8, 4) is 16.2 Å². The van der Waals surface area contributed by atoms with Gasteiger partial charge >= 0.3 is 7.05 Å². The van der Waals surface area contributed by atoms with E-state index in [-0.39, 0.29) is 0 Å². The Morgan fingerprint density at radius 3 is 2.54 bits per heavy atom. The molecule has 0 aliphatic rings. The maximum atomic E-state index is 9.66. The topological polar surface area (TPSA) is 32.7 Å². The van der Waals surface area contributed by atoms with E-state index in [4.69, 9.17) is 4.74 Å². The van der Waals surface area contributed by atoms with Crippen molar-refractivity contribution in [1.82, 2.24) is 0 Å². The van der Waals surface area contributed by atoms with Gasteiger partial charge in [-0.15, -0.1) is 11.3 Å². The first-order valence-electron chi connectivity index (χ1n) is 8.26. The van der Waals surface area contributed by atoms with Crippen molar-refractivity contribution in [1.29, 1.82) is 0 Å². The molecular weight excluding hydrogens is 317 g/mol. The quantitative estimate of drug-likeness (QED) is 0.648. The molecule has 3 nitrogen and oxygen atoms in total. The molecule has 0 radical (unpaired) electrons. The molecule has 0 aliphatic heterocycles. The van der Waals surface area contributed by atoms with Gasteiger partial charge in [-0.1, -0.05) is 19.1 Å². The molecule has 124 valence electrons. The molecule has 24 heavy (non-hydrogen) atoms. The summed E-state index contributed by atoms with van der Waals surface area (Å²) in [5.41, 5.74) is 2.19. The van der Waals surface area contributed by atoms with E-state index < -0.39 is 7.05 Å². The van der Waals surface area contributed by atoms with Crippen LogP contribution in [0.15, 0.2) is 48.5 Å². The van der Waals surface area contributed by atoms with Crippen LogP contribution in [0.1, 0.15) is 13.3 Å². The normalized spacial score (nSPS) is 10.8. The van der Waals surface area contributed by atoms with Gasteiger partial charge in [0.1, 0.15) is 5.75 Å². The molecule has 3 rings (SSSR count). The lowest BCUT2D eigenvalue weighted by Gasteiger charge is -2.19. The van der Waals surface area contributed by atoms with E-state index in [9.17, 15) is 5.02 Å². The number of hydrogen-bond donors (Lipinski definition) is 1. The summed E-state index contributed by atoms with van der Waals surface area (Å²) < 4.78 is 6.96. The van der Waals surface area contributed by atoms with Crippen molar-refractivity contribution < 1.29 is 9.76 Å². The van der Waals surface area contributed by atoms with E-state index in [1.165, 1.54) is 20.5 Å². The Balaban J connectivity index is 1.86. The first-order valence-corrected chi connectivity index (χ1v) is 9.08. The van der Waals surface area contributed by atoms with Crippen molar-refractivity contribution in [3.63, 3.8) is 0 Å². The lowest BCUT2D eigenvalue weighted by molar-refractivity contribution is 0.318. The molecule has 0 bridgehead atoms. The van der Waals surface area contributed by atoms with Gasteiger partial charge in [0.2, 0.25) is 0 Å². The average molecular weight is 339 g/mol. The van der Waals surface area contributed by atoms with Gasteiger partial charge in [-0.05, 0) is 67.6 Å². The minimum Gasteiger partial charge on any atom is -0.494 e. The minimum atomic E-state index is -0.498. The highest BCUT2D eigenvalue weighted by Crippen LogP contribution is 2.36. The predicted octanol–water partition coefficient (Wildman–Crippen LogP) is 4.90. The van der Waals surface area contributed by atoms with Crippen molar-refractivity contribution >= 4 is 34.2 Å². The molecule has 0 atom stereocenters. The molecule has 1 heterocycles. The van der Waals surface area contributed by atoms with Gasteiger partial charge in [-0.25, -0.2) is 0 Å². The molecule has 1 N–H and O–H groups in total. The van der Waals surface area contributed by atoms with E-state index in [1.807, 2.05) is 30.1 Å². The van der Waals surface area contributed by atoms with Gasteiger partial charge in [0.05, 0.1) is 6.61 Å². The summed E-state index contributed by atoms with van der Waals surface area (Å²) in [5, 5.41) is 10.9. The number of rotatable bonds is 6. The number of ether oxygens (including phenoxy) is 1. The van der Waals surface area contributed by atoms with E-state index in [1.54, 1.807) is 18.2 Å². The number of anilines is 1. The van der Waals surface area contributed by atoms with E-state index in [2.05, 4.69) is 37.3 Å². The molecule has 0 spiro atoms. The van der Waals surface area contributed by atoms with Gasteiger partial charge in [-0.2, -0.15) is 0 Å². The van der Waals surface area contributed by atoms with Gasteiger partial charge in [-0.3, -0.25) is 0 Å². The van der Waals surface area contributed by atoms with Crippen LogP contribution in [0.4, 0.5) is 5.69 Å². The molecule has 2 aromatic carbocycles. The van der Waals surface area contributed by atoms with Crippen molar-refractivity contribution in [2.24, 2.45) is 0 Å². The molecule has 0 saturated heterocycles. The number of benzene rings is 2. The lowest BCUT2D eigenvalue weighted by Crippen LogP contribution is -2.32. The summed E-state index contributed by atoms with van der Waals surface area (Å²) in [6.07, 6.45) is 1.01. The predicted molar refractivity (Wildman–Crippen MR) is 105 cm³/mol. The molecule has 1 aromatic heterocycles. The van der Waals surface area contributed by atoms with Crippen LogP contribution in [-0.4, -0.2) is 25.7 Å². The fourth-order valence-corrected chi connectivity index (χ4v) is 3.64. The third-order valence-corrected chi connectivity index (χ3v) is 5.23. The summed E-state index contributed by atoms with van der Waals surface area (Å²) in [6, 6.07) is 16.8. The Labute approximate surface area is 147 Å². The summed E-state index contributed by atoms with van der Waals surface area (Å²) >= 11 is 1.78. The van der Waals surface area contributed by atoms with Gasteiger partial charge < -0.3 is 14.6 Å². The standard InChI is InChI=1S/C19H22BNO2S/c1-4-11-23-17-10-7-15-12-18(24-19(15)13-17)14-5-8-16(9-6-14)21(3)20(2)22/h5-10,12-13,22H,4,11H2,1-3H3. The zero-order valence-corrected chi connectivity index (χ0v) is 15.1. The Kier molecular flexibility index (Phi) is 5.12. The summed E-state index contributed by atoms with van der Waals surface area (Å²) in [4.78, 5) is 3.08. The first-order chi connectivity index (χ1) is 11.6. The van der Waals surface area contributed by atoms with E-state index >= 15 is 0 Å². The minimum absolute atomic E-state index is 0.498. The molecule has 0 saturated carbocycles. The van der Waals surface area contributed by atoms with Gasteiger partial charge in [0, 0.05) is 15.3 Å². The number of fused-ring (bicyclic) bond motifs is 1. The highest BCUT2D eigenvalue weighted by Gasteiger charge is 2.12. The van der Waals surface area contributed by atoms with Crippen LogP contribution < -0.4 is 9.55 Å². The van der Waals surface area contributed by atoms with Crippen LogP contribution in [0.25, 0.3) is 20.5 Å². The van der Waals surface area contributed by atoms with Crippen LogP contribution in [0.2, 0.25) is 6.82 Å². The van der Waals surface area contributed by atoms with Crippen LogP contribution in [0.3, 0.4) is 0 Å². The molecule has 0 amide bonds. The SMILES string of the molecule is CCCOc1ccc2cc(-c3ccc(N(C)B(C)O)cc3)sc2c1.